The third-order valence-corrected chi connectivity index (χ3v) is 7.95. The van der Waals surface area contributed by atoms with Gasteiger partial charge in [0.2, 0.25) is 0 Å². The number of carbonyl (C=O) groups excluding carboxylic acids is 1. The van der Waals surface area contributed by atoms with Crippen molar-refractivity contribution in [3.63, 3.8) is 0 Å². The Balaban J connectivity index is 1.48. The number of nitrogens with zero attached hydrogens (tertiary/aromatic N) is 3. The number of carbonyl (C=O) groups is 1. The number of methoxy groups -OCH3 is 2. The summed E-state index contributed by atoms with van der Waals surface area (Å²) in [5.41, 5.74) is 2.65. The van der Waals surface area contributed by atoms with Gasteiger partial charge in [0.1, 0.15) is 12.4 Å². The molecular weight excluding hydrogens is 586 g/mol. The molecule has 1 atom stereocenters. The van der Waals surface area contributed by atoms with Crippen LogP contribution in [-0.4, -0.2) is 36.3 Å². The molecule has 0 unspecified atom stereocenters. The number of nitro benzene ring substituents is 1. The molecule has 4 aromatic rings. The SMILES string of the molecule is CCOC(=O)C1=C(C)N=c2s/c(=C\c3ccc(OCc4ccc([N+](=O)[O-])cc4)cc3)c(=O)n2[C@H]1c1ccc(OC)c(OC)c1. The first-order chi connectivity index (χ1) is 21.2. The van der Waals surface area contributed by atoms with Crippen molar-refractivity contribution in [2.75, 3.05) is 20.8 Å². The van der Waals surface area contributed by atoms with Crippen molar-refractivity contribution < 1.29 is 28.7 Å². The lowest BCUT2D eigenvalue weighted by Crippen LogP contribution is -2.39. The summed E-state index contributed by atoms with van der Waals surface area (Å²) in [6, 6.07) is 17.9. The van der Waals surface area contributed by atoms with Gasteiger partial charge in [-0.3, -0.25) is 19.5 Å². The van der Waals surface area contributed by atoms with Crippen LogP contribution in [-0.2, 0) is 16.1 Å². The van der Waals surface area contributed by atoms with Crippen LogP contribution >= 0.6 is 11.3 Å². The molecule has 1 aliphatic heterocycles. The highest BCUT2D eigenvalue weighted by molar-refractivity contribution is 7.07. The zero-order chi connectivity index (χ0) is 31.4. The number of esters is 1. The third-order valence-electron chi connectivity index (χ3n) is 6.97. The maximum absolute atomic E-state index is 13.9. The molecule has 0 amide bonds. The van der Waals surface area contributed by atoms with Gasteiger partial charge in [0.05, 0.1) is 47.6 Å². The number of aromatic nitrogens is 1. The number of hydrogen-bond acceptors (Lipinski definition) is 10. The Labute approximate surface area is 256 Å². The first kappa shape index (κ1) is 30.2. The number of thiazole rings is 1. The maximum Gasteiger partial charge on any atom is 0.338 e. The number of benzene rings is 3. The molecule has 0 N–H and O–H groups in total. The summed E-state index contributed by atoms with van der Waals surface area (Å²) in [7, 11) is 3.05. The molecule has 1 aliphatic rings. The summed E-state index contributed by atoms with van der Waals surface area (Å²) < 4.78 is 24.0. The second-order valence-corrected chi connectivity index (χ2v) is 10.7. The van der Waals surface area contributed by atoms with Gasteiger partial charge in [-0.25, -0.2) is 9.79 Å². The van der Waals surface area contributed by atoms with Crippen LogP contribution in [0.2, 0.25) is 0 Å². The van der Waals surface area contributed by atoms with E-state index in [1.54, 1.807) is 62.4 Å². The minimum absolute atomic E-state index is 0.0192. The van der Waals surface area contributed by atoms with Gasteiger partial charge < -0.3 is 18.9 Å². The summed E-state index contributed by atoms with van der Waals surface area (Å²) in [6.45, 7) is 3.87. The maximum atomic E-state index is 13.9. The van der Waals surface area contributed by atoms with Crippen LogP contribution in [0.4, 0.5) is 5.69 Å². The van der Waals surface area contributed by atoms with Crippen molar-refractivity contribution in [3.05, 3.63) is 124 Å². The van der Waals surface area contributed by atoms with Crippen LogP contribution in [0.1, 0.15) is 36.6 Å². The van der Waals surface area contributed by atoms with Crippen molar-refractivity contribution in [2.45, 2.75) is 26.5 Å². The third kappa shape index (κ3) is 6.11. The summed E-state index contributed by atoms with van der Waals surface area (Å²) in [6.07, 6.45) is 1.76. The number of nitro groups is 1. The molecule has 5 rings (SSSR count). The van der Waals surface area contributed by atoms with E-state index in [9.17, 15) is 19.7 Å². The van der Waals surface area contributed by atoms with Crippen LogP contribution in [0.3, 0.4) is 0 Å². The molecule has 0 radical (unpaired) electrons. The molecule has 0 saturated heterocycles. The van der Waals surface area contributed by atoms with Crippen molar-refractivity contribution >= 4 is 29.1 Å². The highest BCUT2D eigenvalue weighted by atomic mass is 32.1. The molecule has 0 saturated carbocycles. The lowest BCUT2D eigenvalue weighted by atomic mass is 9.95. The molecule has 11 nitrogen and oxygen atoms in total. The number of rotatable bonds is 10. The van der Waals surface area contributed by atoms with Gasteiger partial charge in [-0.05, 0) is 73.0 Å². The Kier molecular flexibility index (Phi) is 8.91. The summed E-state index contributed by atoms with van der Waals surface area (Å²) in [5.74, 6) is 1.03. The Morgan fingerprint density at radius 1 is 1.05 bits per heavy atom. The second kappa shape index (κ2) is 13.0. The van der Waals surface area contributed by atoms with E-state index in [4.69, 9.17) is 18.9 Å². The predicted molar refractivity (Wildman–Crippen MR) is 164 cm³/mol. The topological polar surface area (TPSA) is 131 Å². The molecular formula is C32H29N3O8S. The van der Waals surface area contributed by atoms with E-state index >= 15 is 0 Å². The average Bonchev–Trinajstić information content (AvgIpc) is 3.33. The number of fused-ring (bicyclic) bond motifs is 1. The van der Waals surface area contributed by atoms with Gasteiger partial charge in [-0.15, -0.1) is 0 Å². The number of hydrogen-bond donors (Lipinski definition) is 0. The van der Waals surface area contributed by atoms with E-state index in [0.717, 1.165) is 11.1 Å². The molecule has 3 aromatic carbocycles. The van der Waals surface area contributed by atoms with Crippen molar-refractivity contribution in [3.8, 4) is 17.2 Å². The lowest BCUT2D eigenvalue weighted by molar-refractivity contribution is -0.384. The Morgan fingerprint density at radius 2 is 1.75 bits per heavy atom. The van der Waals surface area contributed by atoms with Gasteiger partial charge in [-0.1, -0.05) is 29.5 Å². The van der Waals surface area contributed by atoms with Crippen LogP contribution in [0, 0.1) is 10.1 Å². The van der Waals surface area contributed by atoms with Crippen molar-refractivity contribution in [1.29, 1.82) is 0 Å². The molecule has 226 valence electrons. The monoisotopic (exact) mass is 615 g/mol. The average molecular weight is 616 g/mol. The van der Waals surface area contributed by atoms with Gasteiger partial charge >= 0.3 is 5.97 Å². The van der Waals surface area contributed by atoms with Crippen molar-refractivity contribution in [1.82, 2.24) is 4.57 Å². The number of non-ortho nitro benzene ring substituents is 1. The Hall–Kier alpha value is -5.23. The highest BCUT2D eigenvalue weighted by Gasteiger charge is 2.34. The smallest absolute Gasteiger partial charge is 0.338 e. The van der Waals surface area contributed by atoms with E-state index in [-0.39, 0.29) is 30.0 Å². The zero-order valence-electron chi connectivity index (χ0n) is 24.4. The van der Waals surface area contributed by atoms with Crippen LogP contribution in [0.5, 0.6) is 17.2 Å². The van der Waals surface area contributed by atoms with Gasteiger partial charge in [0.25, 0.3) is 11.2 Å². The lowest BCUT2D eigenvalue weighted by Gasteiger charge is -2.25. The largest absolute Gasteiger partial charge is 0.493 e. The molecule has 0 fully saturated rings. The minimum atomic E-state index is -0.789. The van der Waals surface area contributed by atoms with Gasteiger partial charge in [0, 0.05) is 12.1 Å². The molecule has 1 aromatic heterocycles. The normalized spacial score (nSPS) is 14.5. The molecule has 12 heteroatoms. The molecule has 0 spiro atoms. The summed E-state index contributed by atoms with van der Waals surface area (Å²) in [5, 5.41) is 10.9. The van der Waals surface area contributed by atoms with E-state index in [1.165, 1.54) is 42.3 Å². The fourth-order valence-corrected chi connectivity index (χ4v) is 5.87. The predicted octanol–water partition coefficient (Wildman–Crippen LogP) is 4.30. The standard InChI is InChI=1S/C32H29N3O8S/c1-5-42-31(37)28-19(2)33-32-34(29(28)22-10-15-25(40-3)26(17-22)41-4)30(36)27(44-32)16-20-8-13-24(14-9-20)43-18-21-6-11-23(12-7-21)35(38)39/h6-17,29H,5,18H2,1-4H3/b27-16-/t29-/m0/s1. The van der Waals surface area contributed by atoms with E-state index in [2.05, 4.69) is 4.99 Å². The van der Waals surface area contributed by atoms with E-state index in [1.807, 2.05) is 12.1 Å². The van der Waals surface area contributed by atoms with E-state index in [0.29, 0.717) is 37.8 Å². The second-order valence-electron chi connectivity index (χ2n) is 9.70. The quantitative estimate of drug-likeness (QED) is 0.147. The van der Waals surface area contributed by atoms with Gasteiger partial charge in [0.15, 0.2) is 16.3 Å². The summed E-state index contributed by atoms with van der Waals surface area (Å²) in [4.78, 5) is 42.5. The Bertz CT molecular complexity index is 1930. The fourth-order valence-electron chi connectivity index (χ4n) is 4.82. The fraction of sp³-hybridized carbons (Fsp3) is 0.219. The van der Waals surface area contributed by atoms with Crippen LogP contribution in [0.15, 0.2) is 87.8 Å². The molecule has 0 aliphatic carbocycles. The number of ether oxygens (including phenoxy) is 4. The minimum Gasteiger partial charge on any atom is -0.493 e. The van der Waals surface area contributed by atoms with E-state index < -0.39 is 16.9 Å². The van der Waals surface area contributed by atoms with Crippen LogP contribution < -0.4 is 29.1 Å². The molecule has 2 heterocycles. The molecule has 44 heavy (non-hydrogen) atoms. The first-order valence-corrected chi connectivity index (χ1v) is 14.4. The Morgan fingerprint density at radius 3 is 2.39 bits per heavy atom. The van der Waals surface area contributed by atoms with Crippen LogP contribution in [0.25, 0.3) is 6.08 Å². The summed E-state index contributed by atoms with van der Waals surface area (Å²) >= 11 is 1.23. The first-order valence-electron chi connectivity index (χ1n) is 13.6. The van der Waals surface area contributed by atoms with Crippen molar-refractivity contribution in [2.24, 2.45) is 4.99 Å². The highest BCUT2D eigenvalue weighted by Crippen LogP contribution is 2.36. The van der Waals surface area contributed by atoms with Gasteiger partial charge in [-0.2, -0.15) is 0 Å². The zero-order valence-corrected chi connectivity index (χ0v) is 25.3. The number of allylic oxidation sites excluding steroid dienone is 1. The molecule has 0 bridgehead atoms.